The Kier molecular flexibility index (Phi) is 4.62. The number of anilines is 1. The average molecular weight is 334 g/mol. The van der Waals surface area contributed by atoms with E-state index >= 15 is 0 Å². The van der Waals surface area contributed by atoms with Crippen LogP contribution in [-0.2, 0) is 4.79 Å². The summed E-state index contributed by atoms with van der Waals surface area (Å²) in [5.74, 6) is -0.0415. The van der Waals surface area contributed by atoms with Crippen LogP contribution >= 0.6 is 11.6 Å². The number of nitrogens with one attached hydrogen (secondary N) is 1. The standard InChI is InChI=1S/C16H16ClN3O3/c17-13-3-4-14(18-8-13)19-15(21)11-2-1-6-20(9-11)16(22)12-5-7-23-10-12/h3-5,7-8,10-11H,1-2,6,9H2,(H,18,19,21). The number of hydrogen-bond acceptors (Lipinski definition) is 4. The number of piperidine rings is 1. The van der Waals surface area contributed by atoms with Gasteiger partial charge in [0.25, 0.3) is 5.91 Å². The minimum Gasteiger partial charge on any atom is -0.472 e. The lowest BCUT2D eigenvalue weighted by atomic mass is 9.96. The molecule has 2 amide bonds. The highest BCUT2D eigenvalue weighted by molar-refractivity contribution is 6.30. The number of aromatic nitrogens is 1. The van der Waals surface area contributed by atoms with E-state index in [-0.39, 0.29) is 17.7 Å². The molecular weight excluding hydrogens is 318 g/mol. The molecule has 0 aliphatic carbocycles. The van der Waals surface area contributed by atoms with Crippen molar-refractivity contribution in [2.24, 2.45) is 5.92 Å². The van der Waals surface area contributed by atoms with E-state index in [0.717, 1.165) is 12.8 Å². The monoisotopic (exact) mass is 333 g/mol. The molecule has 1 aliphatic heterocycles. The molecule has 0 aromatic carbocycles. The van der Waals surface area contributed by atoms with Crippen LogP contribution in [0.1, 0.15) is 23.2 Å². The molecule has 3 heterocycles. The van der Waals surface area contributed by atoms with Crippen molar-refractivity contribution in [2.75, 3.05) is 18.4 Å². The van der Waals surface area contributed by atoms with E-state index in [0.29, 0.717) is 29.5 Å². The van der Waals surface area contributed by atoms with Crippen LogP contribution in [0, 0.1) is 5.92 Å². The number of furan rings is 1. The second-order valence-electron chi connectivity index (χ2n) is 5.45. The number of carbonyl (C=O) groups excluding carboxylic acids is 2. The van der Waals surface area contributed by atoms with E-state index in [9.17, 15) is 9.59 Å². The van der Waals surface area contributed by atoms with E-state index in [1.807, 2.05) is 0 Å². The van der Waals surface area contributed by atoms with Crippen LogP contribution in [0.5, 0.6) is 0 Å². The number of rotatable bonds is 3. The molecule has 1 N–H and O–H groups in total. The molecule has 1 saturated heterocycles. The number of hydrogen-bond donors (Lipinski definition) is 1. The minimum absolute atomic E-state index is 0.110. The summed E-state index contributed by atoms with van der Waals surface area (Å²) in [5.41, 5.74) is 0.505. The van der Waals surface area contributed by atoms with Gasteiger partial charge < -0.3 is 14.6 Å². The Hall–Kier alpha value is -2.34. The summed E-state index contributed by atoms with van der Waals surface area (Å²) in [7, 11) is 0. The van der Waals surface area contributed by atoms with E-state index in [1.165, 1.54) is 18.7 Å². The molecule has 120 valence electrons. The predicted octanol–water partition coefficient (Wildman–Crippen LogP) is 2.82. The van der Waals surface area contributed by atoms with Crippen molar-refractivity contribution in [2.45, 2.75) is 12.8 Å². The van der Waals surface area contributed by atoms with Crippen LogP contribution in [0.25, 0.3) is 0 Å². The van der Waals surface area contributed by atoms with Crippen molar-refractivity contribution in [3.05, 3.63) is 47.5 Å². The van der Waals surface area contributed by atoms with Gasteiger partial charge in [0.2, 0.25) is 5.91 Å². The zero-order chi connectivity index (χ0) is 16.2. The fourth-order valence-corrected chi connectivity index (χ4v) is 2.73. The third-order valence-corrected chi connectivity index (χ3v) is 4.05. The second kappa shape index (κ2) is 6.83. The van der Waals surface area contributed by atoms with Crippen LogP contribution in [0.2, 0.25) is 5.02 Å². The molecule has 1 unspecified atom stereocenters. The normalized spacial score (nSPS) is 17.8. The van der Waals surface area contributed by atoms with Gasteiger partial charge in [-0.2, -0.15) is 0 Å². The molecule has 2 aromatic rings. The fourth-order valence-electron chi connectivity index (χ4n) is 2.62. The molecule has 2 aromatic heterocycles. The predicted molar refractivity (Wildman–Crippen MR) is 85.2 cm³/mol. The maximum absolute atomic E-state index is 12.4. The molecule has 0 bridgehead atoms. The van der Waals surface area contributed by atoms with Gasteiger partial charge in [-0.1, -0.05) is 11.6 Å². The van der Waals surface area contributed by atoms with Crippen molar-refractivity contribution >= 4 is 29.2 Å². The maximum atomic E-state index is 12.4. The summed E-state index contributed by atoms with van der Waals surface area (Å²) in [6, 6.07) is 4.95. The van der Waals surface area contributed by atoms with Gasteiger partial charge >= 0.3 is 0 Å². The third-order valence-electron chi connectivity index (χ3n) is 3.83. The lowest BCUT2D eigenvalue weighted by Crippen LogP contribution is -2.43. The van der Waals surface area contributed by atoms with Crippen molar-refractivity contribution in [3.63, 3.8) is 0 Å². The number of carbonyl (C=O) groups is 2. The highest BCUT2D eigenvalue weighted by Gasteiger charge is 2.29. The number of likely N-dealkylation sites (tertiary alicyclic amines) is 1. The van der Waals surface area contributed by atoms with E-state index in [1.54, 1.807) is 23.1 Å². The molecule has 0 radical (unpaired) electrons. The summed E-state index contributed by atoms with van der Waals surface area (Å²) in [4.78, 5) is 30.4. The first-order valence-corrected chi connectivity index (χ1v) is 7.75. The topological polar surface area (TPSA) is 75.4 Å². The third kappa shape index (κ3) is 3.71. The summed E-state index contributed by atoms with van der Waals surface area (Å²) >= 11 is 5.77. The van der Waals surface area contributed by atoms with Gasteiger partial charge in [-0.15, -0.1) is 0 Å². The molecule has 23 heavy (non-hydrogen) atoms. The van der Waals surface area contributed by atoms with Crippen molar-refractivity contribution < 1.29 is 14.0 Å². The van der Waals surface area contributed by atoms with Crippen molar-refractivity contribution in [3.8, 4) is 0 Å². The van der Waals surface area contributed by atoms with Gasteiger partial charge in [0.15, 0.2) is 0 Å². The zero-order valence-corrected chi connectivity index (χ0v) is 13.1. The minimum atomic E-state index is -0.253. The molecule has 0 spiro atoms. The largest absolute Gasteiger partial charge is 0.472 e. The Morgan fingerprint density at radius 3 is 2.91 bits per heavy atom. The second-order valence-corrected chi connectivity index (χ2v) is 5.89. The first-order chi connectivity index (χ1) is 11.1. The van der Waals surface area contributed by atoms with Crippen LogP contribution in [0.4, 0.5) is 5.82 Å². The van der Waals surface area contributed by atoms with Crippen molar-refractivity contribution in [1.29, 1.82) is 0 Å². The molecule has 6 nitrogen and oxygen atoms in total. The van der Waals surface area contributed by atoms with Gasteiger partial charge in [-0.25, -0.2) is 4.98 Å². The molecule has 3 rings (SSSR count). The number of amides is 2. The molecule has 1 aliphatic rings. The van der Waals surface area contributed by atoms with Crippen molar-refractivity contribution in [1.82, 2.24) is 9.88 Å². The summed E-state index contributed by atoms with van der Waals surface area (Å²) < 4.78 is 4.94. The Morgan fingerprint density at radius 2 is 2.22 bits per heavy atom. The van der Waals surface area contributed by atoms with Crippen LogP contribution in [-0.4, -0.2) is 34.8 Å². The quantitative estimate of drug-likeness (QED) is 0.937. The Labute approximate surface area is 138 Å². The highest BCUT2D eigenvalue weighted by atomic mass is 35.5. The average Bonchev–Trinajstić information content (AvgIpc) is 3.11. The number of halogens is 1. The Balaban J connectivity index is 1.62. The molecule has 1 fully saturated rings. The zero-order valence-electron chi connectivity index (χ0n) is 12.4. The first kappa shape index (κ1) is 15.6. The lowest BCUT2D eigenvalue weighted by molar-refractivity contribution is -0.121. The summed E-state index contributed by atoms with van der Waals surface area (Å²) in [5, 5.41) is 3.28. The Morgan fingerprint density at radius 1 is 1.35 bits per heavy atom. The summed E-state index contributed by atoms with van der Waals surface area (Å²) in [6.45, 7) is 1.04. The maximum Gasteiger partial charge on any atom is 0.257 e. The SMILES string of the molecule is O=C(Nc1ccc(Cl)cn1)C1CCCN(C(=O)c2ccoc2)C1. The van der Waals surface area contributed by atoms with E-state index < -0.39 is 0 Å². The summed E-state index contributed by atoms with van der Waals surface area (Å²) in [6.07, 6.45) is 5.90. The van der Waals surface area contributed by atoms with Gasteiger partial charge in [0.05, 0.1) is 22.8 Å². The van der Waals surface area contributed by atoms with Gasteiger partial charge in [0, 0.05) is 19.3 Å². The van der Waals surface area contributed by atoms with E-state index in [4.69, 9.17) is 16.0 Å². The van der Waals surface area contributed by atoms with E-state index in [2.05, 4.69) is 10.3 Å². The fraction of sp³-hybridized carbons (Fsp3) is 0.312. The van der Waals surface area contributed by atoms with Gasteiger partial charge in [-0.3, -0.25) is 9.59 Å². The number of nitrogens with zero attached hydrogens (tertiary/aromatic N) is 2. The lowest BCUT2D eigenvalue weighted by Gasteiger charge is -2.31. The highest BCUT2D eigenvalue weighted by Crippen LogP contribution is 2.20. The molecule has 1 atom stereocenters. The smallest absolute Gasteiger partial charge is 0.257 e. The van der Waals surface area contributed by atoms with Gasteiger partial charge in [0.1, 0.15) is 12.1 Å². The molecule has 0 saturated carbocycles. The Bertz CT molecular complexity index is 685. The van der Waals surface area contributed by atoms with Crippen LogP contribution in [0.15, 0.2) is 41.3 Å². The molecular formula is C16H16ClN3O3. The van der Waals surface area contributed by atoms with Crippen LogP contribution < -0.4 is 5.32 Å². The van der Waals surface area contributed by atoms with Crippen LogP contribution in [0.3, 0.4) is 0 Å². The number of pyridine rings is 1. The first-order valence-electron chi connectivity index (χ1n) is 7.37. The molecule has 7 heteroatoms. The van der Waals surface area contributed by atoms with Gasteiger partial charge in [-0.05, 0) is 31.0 Å².